The maximum absolute atomic E-state index is 12.2. The molecule has 13 heteroatoms. The molecule has 0 aromatic carbocycles. The molecule has 3 heterocycles. The van der Waals surface area contributed by atoms with Gasteiger partial charge < -0.3 is 30.2 Å². The lowest BCUT2D eigenvalue weighted by atomic mass is 10.1. The van der Waals surface area contributed by atoms with Crippen molar-refractivity contribution in [3.05, 3.63) is 0 Å². The van der Waals surface area contributed by atoms with Crippen LogP contribution in [0.5, 0.6) is 5.88 Å². The number of hydrogen-bond acceptors (Lipinski definition) is 11. The predicted molar refractivity (Wildman–Crippen MR) is 118 cm³/mol. The minimum atomic E-state index is -2.25. The van der Waals surface area contributed by atoms with Crippen LogP contribution in [0.4, 0.5) is 17.5 Å². The molecule has 1 aromatic heterocycles. The molecule has 0 saturated carbocycles. The molecule has 5 unspecified atom stereocenters. The van der Waals surface area contributed by atoms with E-state index in [0.717, 1.165) is 0 Å². The van der Waals surface area contributed by atoms with Crippen molar-refractivity contribution in [2.45, 2.75) is 65.5 Å². The highest BCUT2D eigenvalue weighted by Gasteiger charge is 2.42. The maximum atomic E-state index is 12.2. The summed E-state index contributed by atoms with van der Waals surface area (Å²) in [6, 6.07) is -0.742. The van der Waals surface area contributed by atoms with Crippen molar-refractivity contribution >= 4 is 31.6 Å². The van der Waals surface area contributed by atoms with Gasteiger partial charge in [0.1, 0.15) is 24.6 Å². The van der Waals surface area contributed by atoms with Gasteiger partial charge in [0.15, 0.2) is 5.82 Å². The highest BCUT2D eigenvalue weighted by atomic mass is 31.1. The lowest BCUT2D eigenvalue weighted by molar-refractivity contribution is -0.149. The zero-order valence-corrected chi connectivity index (χ0v) is 19.9. The van der Waals surface area contributed by atoms with Crippen LogP contribution in [0.1, 0.15) is 41.0 Å². The van der Waals surface area contributed by atoms with Gasteiger partial charge in [-0.3, -0.25) is 4.79 Å². The van der Waals surface area contributed by atoms with E-state index in [1.807, 2.05) is 11.8 Å². The summed E-state index contributed by atoms with van der Waals surface area (Å²) < 4.78 is 34.5. The van der Waals surface area contributed by atoms with E-state index in [1.165, 1.54) is 0 Å². The highest BCUT2D eigenvalue weighted by molar-refractivity contribution is 7.36. The molecule has 0 spiro atoms. The third kappa shape index (κ3) is 5.74. The van der Waals surface area contributed by atoms with E-state index in [2.05, 4.69) is 27.3 Å². The van der Waals surface area contributed by atoms with Crippen LogP contribution in [0.2, 0.25) is 0 Å². The lowest BCUT2D eigenvalue weighted by Gasteiger charge is -2.27. The number of carbonyl (C=O) groups excluding carboxylic acids is 1. The molecule has 178 valence electrons. The van der Waals surface area contributed by atoms with Crippen LogP contribution in [0, 0.1) is 5.92 Å². The van der Waals surface area contributed by atoms with Crippen molar-refractivity contribution in [2.24, 2.45) is 5.92 Å². The Hall–Kier alpha value is -2.27. The number of ether oxygens (including phenoxy) is 3. The maximum Gasteiger partial charge on any atom is 0.613 e. The van der Waals surface area contributed by atoms with E-state index in [1.54, 1.807) is 20.8 Å². The Bertz CT molecular complexity index is 843. The standard InChI is InChI=1S/C19H32N6O6P/c1-6-28-16-14-15(22-19(20)23-16)25(9-21-14)17-11(4)7-13(31-17)8-29-32(27)24-12(5)18(26)30-10(2)3/h10-13,17,21H,6-9H2,1-5H3,(H,24,27)(H2,20,22,23)/q+1. The normalized spacial score (nSPS) is 23.6. The van der Waals surface area contributed by atoms with Crippen molar-refractivity contribution < 1.29 is 28.1 Å². The van der Waals surface area contributed by atoms with Crippen LogP contribution in [-0.2, 0) is 23.4 Å². The van der Waals surface area contributed by atoms with Crippen LogP contribution >= 0.6 is 8.18 Å². The van der Waals surface area contributed by atoms with Gasteiger partial charge in [0.25, 0.3) is 0 Å². The summed E-state index contributed by atoms with van der Waals surface area (Å²) in [4.78, 5) is 22.3. The third-order valence-electron chi connectivity index (χ3n) is 5.00. The first-order chi connectivity index (χ1) is 15.2. The molecule has 0 aliphatic carbocycles. The molecule has 1 aromatic rings. The van der Waals surface area contributed by atoms with Crippen molar-refractivity contribution in [1.82, 2.24) is 15.1 Å². The fraction of sp³-hybridized carbons (Fsp3) is 0.737. The minimum Gasteiger partial charge on any atom is -0.476 e. The van der Waals surface area contributed by atoms with Gasteiger partial charge >= 0.3 is 14.1 Å². The third-order valence-corrected chi connectivity index (χ3v) is 5.98. The summed E-state index contributed by atoms with van der Waals surface area (Å²) in [7, 11) is -2.25. The molecule has 4 N–H and O–H groups in total. The molecule has 1 fully saturated rings. The molecule has 2 aliphatic heterocycles. The molecule has 0 amide bonds. The van der Waals surface area contributed by atoms with Crippen LogP contribution in [0.15, 0.2) is 0 Å². The van der Waals surface area contributed by atoms with Crippen LogP contribution in [-0.4, -0.2) is 60.3 Å². The Morgan fingerprint density at radius 3 is 2.84 bits per heavy atom. The fourth-order valence-electron chi connectivity index (χ4n) is 3.64. The molecule has 0 bridgehead atoms. The fourth-order valence-corrected chi connectivity index (χ4v) is 4.44. The van der Waals surface area contributed by atoms with Gasteiger partial charge in [-0.25, -0.2) is 0 Å². The van der Waals surface area contributed by atoms with Gasteiger partial charge in [-0.1, -0.05) is 12.0 Å². The summed E-state index contributed by atoms with van der Waals surface area (Å²) in [5.41, 5.74) is 6.55. The number of nitrogen functional groups attached to an aromatic ring is 1. The van der Waals surface area contributed by atoms with E-state index >= 15 is 0 Å². The summed E-state index contributed by atoms with van der Waals surface area (Å²) in [6.45, 7) is 10.1. The highest BCUT2D eigenvalue weighted by Crippen LogP contribution is 2.41. The van der Waals surface area contributed by atoms with Gasteiger partial charge in [-0.15, -0.1) is 4.52 Å². The molecule has 32 heavy (non-hydrogen) atoms. The summed E-state index contributed by atoms with van der Waals surface area (Å²) >= 11 is 0. The van der Waals surface area contributed by atoms with Crippen LogP contribution in [0.3, 0.4) is 0 Å². The Morgan fingerprint density at radius 2 is 2.16 bits per heavy atom. The Labute approximate surface area is 188 Å². The second kappa shape index (κ2) is 10.6. The smallest absolute Gasteiger partial charge is 0.476 e. The monoisotopic (exact) mass is 471 g/mol. The van der Waals surface area contributed by atoms with E-state index in [0.29, 0.717) is 37.1 Å². The first-order valence-corrected chi connectivity index (χ1v) is 11.9. The number of rotatable bonds is 10. The second-order valence-corrected chi connectivity index (χ2v) is 9.10. The Morgan fingerprint density at radius 1 is 1.41 bits per heavy atom. The van der Waals surface area contributed by atoms with Gasteiger partial charge in [-0.05, 0) is 38.7 Å². The minimum absolute atomic E-state index is 0.124. The number of hydrogen-bond donors (Lipinski definition) is 3. The summed E-state index contributed by atoms with van der Waals surface area (Å²) in [5, 5.41) is 5.86. The van der Waals surface area contributed by atoms with E-state index in [-0.39, 0.29) is 36.9 Å². The van der Waals surface area contributed by atoms with Crippen LogP contribution < -0.4 is 25.8 Å². The molecule has 5 atom stereocenters. The van der Waals surface area contributed by atoms with E-state index in [9.17, 15) is 9.36 Å². The molecule has 3 rings (SSSR count). The van der Waals surface area contributed by atoms with Gasteiger partial charge in [0.05, 0.1) is 25.5 Å². The molecule has 2 aliphatic rings. The molecular weight excluding hydrogens is 439 g/mol. The molecule has 0 radical (unpaired) electrons. The average Bonchev–Trinajstić information content (AvgIpc) is 3.29. The summed E-state index contributed by atoms with van der Waals surface area (Å²) in [6.07, 6.45) is -0.0646. The number of nitrogens with zero attached hydrogens (tertiary/aromatic N) is 3. The number of anilines is 3. The predicted octanol–water partition coefficient (Wildman–Crippen LogP) is 2.00. The van der Waals surface area contributed by atoms with E-state index < -0.39 is 20.2 Å². The molecule has 12 nitrogen and oxygen atoms in total. The van der Waals surface area contributed by atoms with Gasteiger partial charge in [0.2, 0.25) is 11.8 Å². The van der Waals surface area contributed by atoms with Gasteiger partial charge in [0, 0.05) is 5.92 Å². The summed E-state index contributed by atoms with van der Waals surface area (Å²) in [5.74, 6) is 0.847. The molecule has 1 saturated heterocycles. The first kappa shape index (κ1) is 24.4. The number of nitrogens with two attached hydrogens (primary N) is 1. The molecular formula is C19H32N6O6P+. The van der Waals surface area contributed by atoms with Crippen molar-refractivity contribution in [2.75, 3.05) is 35.8 Å². The zero-order chi connectivity index (χ0) is 23.4. The number of aromatic nitrogens is 2. The SMILES string of the molecule is CCOc1nc(N)nc2c1NCN2C1OC(CO[P+](=O)NC(C)C(=O)OC(C)C)CC1C. The number of carbonyl (C=O) groups is 1. The van der Waals surface area contributed by atoms with Crippen molar-refractivity contribution in [3.8, 4) is 5.88 Å². The quantitative estimate of drug-likeness (QED) is 0.338. The van der Waals surface area contributed by atoms with Crippen LogP contribution in [0.25, 0.3) is 0 Å². The Balaban J connectivity index is 1.55. The van der Waals surface area contributed by atoms with Gasteiger partial charge in [-0.2, -0.15) is 9.97 Å². The first-order valence-electron chi connectivity index (χ1n) is 10.7. The lowest BCUT2D eigenvalue weighted by Crippen LogP contribution is -2.39. The largest absolute Gasteiger partial charge is 0.613 e. The zero-order valence-electron chi connectivity index (χ0n) is 19.0. The van der Waals surface area contributed by atoms with Crippen molar-refractivity contribution in [1.29, 1.82) is 0 Å². The van der Waals surface area contributed by atoms with E-state index in [4.69, 9.17) is 24.5 Å². The average molecular weight is 471 g/mol. The topological polar surface area (TPSA) is 150 Å². The van der Waals surface area contributed by atoms with Crippen molar-refractivity contribution in [3.63, 3.8) is 0 Å². The number of fused-ring (bicyclic) bond motifs is 1. The number of nitrogens with one attached hydrogen (secondary N) is 2. The Kier molecular flexibility index (Phi) is 8.05. The second-order valence-electron chi connectivity index (χ2n) is 8.07. The number of esters is 1.